The fourth-order valence-corrected chi connectivity index (χ4v) is 3.89. The molecule has 1 fully saturated rings. The van der Waals surface area contributed by atoms with E-state index in [4.69, 9.17) is 21.1 Å². The summed E-state index contributed by atoms with van der Waals surface area (Å²) in [5.74, 6) is -1.92. The van der Waals surface area contributed by atoms with Crippen molar-refractivity contribution in [1.29, 1.82) is 0 Å². The monoisotopic (exact) mass is 566 g/mol. The number of rotatable bonds is 8. The van der Waals surface area contributed by atoms with Crippen LogP contribution in [0.3, 0.4) is 0 Å². The Bertz CT molecular complexity index is 1620. The van der Waals surface area contributed by atoms with Crippen molar-refractivity contribution in [2.75, 3.05) is 11.5 Å². The van der Waals surface area contributed by atoms with Gasteiger partial charge in [-0.15, -0.1) is 0 Å². The molecule has 4 amide bonds. The molecule has 0 radical (unpaired) electrons. The van der Waals surface area contributed by atoms with Gasteiger partial charge in [0.2, 0.25) is 5.75 Å². The SMILES string of the molecule is CCOc1cc(/C=C2\C(=O)NC(=O)N(c3ccc(C)c(Cl)c3)C2=O)ccc1Oc1ccc([N+](=O)[O-])cc1[N+](=O)[O-]. The van der Waals surface area contributed by atoms with E-state index in [1.54, 1.807) is 19.9 Å². The number of urea groups is 1. The summed E-state index contributed by atoms with van der Waals surface area (Å²) >= 11 is 6.15. The molecule has 0 aromatic heterocycles. The number of nitrogens with zero attached hydrogens (tertiary/aromatic N) is 3. The lowest BCUT2D eigenvalue weighted by atomic mass is 10.1. The highest BCUT2D eigenvalue weighted by molar-refractivity contribution is 6.39. The lowest BCUT2D eigenvalue weighted by Gasteiger charge is -2.26. The minimum absolute atomic E-state index is 0.0338. The van der Waals surface area contributed by atoms with Gasteiger partial charge in [0.15, 0.2) is 11.5 Å². The van der Waals surface area contributed by atoms with Crippen LogP contribution in [0.5, 0.6) is 17.2 Å². The number of imide groups is 2. The molecule has 204 valence electrons. The van der Waals surface area contributed by atoms with E-state index in [-0.39, 0.29) is 35.1 Å². The maximum absolute atomic E-state index is 13.2. The number of halogens is 1. The molecule has 40 heavy (non-hydrogen) atoms. The summed E-state index contributed by atoms with van der Waals surface area (Å²) in [6.07, 6.45) is 1.24. The zero-order valence-electron chi connectivity index (χ0n) is 20.9. The molecule has 14 heteroatoms. The fourth-order valence-electron chi connectivity index (χ4n) is 3.71. The molecule has 0 saturated carbocycles. The number of anilines is 1. The number of hydrogen-bond donors (Lipinski definition) is 1. The number of nitro benzene ring substituents is 2. The zero-order valence-corrected chi connectivity index (χ0v) is 21.6. The van der Waals surface area contributed by atoms with Crippen LogP contribution in [0.1, 0.15) is 18.1 Å². The zero-order chi connectivity index (χ0) is 29.1. The first-order chi connectivity index (χ1) is 19.0. The predicted molar refractivity (Wildman–Crippen MR) is 143 cm³/mol. The lowest BCUT2D eigenvalue weighted by Crippen LogP contribution is -2.54. The number of carbonyl (C=O) groups excluding carboxylic acids is 3. The van der Waals surface area contributed by atoms with Gasteiger partial charge in [-0.2, -0.15) is 0 Å². The Balaban J connectivity index is 1.70. The third-order valence-corrected chi connectivity index (χ3v) is 6.07. The van der Waals surface area contributed by atoms with Crippen LogP contribution in [0.15, 0.2) is 60.2 Å². The minimum Gasteiger partial charge on any atom is -0.490 e. The topological polar surface area (TPSA) is 171 Å². The number of hydrogen-bond acceptors (Lipinski definition) is 9. The van der Waals surface area contributed by atoms with Gasteiger partial charge in [-0.1, -0.05) is 23.7 Å². The standard InChI is InChI=1S/C26H19ClN4O9/c1-3-39-23-11-15(5-8-22(23)40-21-9-7-17(30(35)36)13-20(21)31(37)38)10-18-24(32)28-26(34)29(25(18)33)16-6-4-14(2)19(27)12-16/h4-13H,3H2,1-2H3,(H,28,32,34)/b18-10+. The first-order valence-electron chi connectivity index (χ1n) is 11.5. The Hall–Kier alpha value is -5.30. The molecule has 0 atom stereocenters. The summed E-state index contributed by atoms with van der Waals surface area (Å²) in [6.45, 7) is 3.59. The molecular formula is C26H19ClN4O9. The average molecular weight is 567 g/mol. The van der Waals surface area contributed by atoms with E-state index in [0.717, 1.165) is 28.7 Å². The Morgan fingerprint density at radius 2 is 1.68 bits per heavy atom. The van der Waals surface area contributed by atoms with E-state index in [9.17, 15) is 34.6 Å². The highest BCUT2D eigenvalue weighted by Crippen LogP contribution is 2.39. The average Bonchev–Trinajstić information content (AvgIpc) is 2.90. The predicted octanol–water partition coefficient (Wildman–Crippen LogP) is 5.32. The number of aryl methyl sites for hydroxylation is 1. The summed E-state index contributed by atoms with van der Waals surface area (Å²) in [5.41, 5.74) is -0.260. The van der Waals surface area contributed by atoms with E-state index in [1.165, 1.54) is 36.4 Å². The number of barbiturate groups is 1. The third-order valence-electron chi connectivity index (χ3n) is 5.66. The molecule has 1 aliphatic rings. The summed E-state index contributed by atoms with van der Waals surface area (Å²) < 4.78 is 11.3. The van der Waals surface area contributed by atoms with Crippen LogP contribution < -0.4 is 19.7 Å². The van der Waals surface area contributed by atoms with Gasteiger partial charge >= 0.3 is 11.7 Å². The van der Waals surface area contributed by atoms with Gasteiger partial charge in [0.05, 0.1) is 28.2 Å². The molecule has 0 aliphatic carbocycles. The summed E-state index contributed by atoms with van der Waals surface area (Å²) in [7, 11) is 0. The Kier molecular flexibility index (Phi) is 7.77. The normalized spacial score (nSPS) is 14.2. The van der Waals surface area contributed by atoms with Crippen molar-refractivity contribution in [3.05, 3.63) is 96.5 Å². The number of nitro groups is 2. The molecule has 1 N–H and O–H groups in total. The van der Waals surface area contributed by atoms with Gasteiger partial charge in [-0.05, 0) is 61.4 Å². The Morgan fingerprint density at radius 3 is 2.33 bits per heavy atom. The van der Waals surface area contributed by atoms with Gasteiger partial charge < -0.3 is 9.47 Å². The number of benzene rings is 3. The van der Waals surface area contributed by atoms with Crippen molar-refractivity contribution >= 4 is 52.6 Å². The Labute approximate surface area is 230 Å². The van der Waals surface area contributed by atoms with Crippen molar-refractivity contribution in [3.8, 4) is 17.2 Å². The van der Waals surface area contributed by atoms with E-state index < -0.39 is 39.1 Å². The molecule has 0 spiro atoms. The largest absolute Gasteiger partial charge is 0.490 e. The summed E-state index contributed by atoms with van der Waals surface area (Å²) in [5, 5.41) is 24.9. The lowest BCUT2D eigenvalue weighted by molar-refractivity contribution is -0.394. The van der Waals surface area contributed by atoms with Crippen molar-refractivity contribution in [2.45, 2.75) is 13.8 Å². The Morgan fingerprint density at radius 1 is 0.950 bits per heavy atom. The van der Waals surface area contributed by atoms with Crippen LogP contribution in [-0.2, 0) is 9.59 Å². The van der Waals surface area contributed by atoms with Crippen LogP contribution in [0.4, 0.5) is 21.9 Å². The third kappa shape index (κ3) is 5.59. The fraction of sp³-hybridized carbons (Fsp3) is 0.115. The van der Waals surface area contributed by atoms with Crippen LogP contribution in [-0.4, -0.2) is 34.3 Å². The number of non-ortho nitro benzene ring substituents is 1. The molecular weight excluding hydrogens is 548 g/mol. The van der Waals surface area contributed by atoms with Crippen molar-refractivity contribution in [1.82, 2.24) is 5.32 Å². The molecule has 1 aliphatic heterocycles. The van der Waals surface area contributed by atoms with Crippen molar-refractivity contribution in [3.63, 3.8) is 0 Å². The highest BCUT2D eigenvalue weighted by Gasteiger charge is 2.37. The van der Waals surface area contributed by atoms with Crippen molar-refractivity contribution in [2.24, 2.45) is 0 Å². The van der Waals surface area contributed by atoms with E-state index in [0.29, 0.717) is 10.6 Å². The maximum atomic E-state index is 13.2. The summed E-state index contributed by atoms with van der Waals surface area (Å²) in [6, 6.07) is 10.8. The quantitative estimate of drug-likeness (QED) is 0.164. The van der Waals surface area contributed by atoms with Gasteiger partial charge in [0, 0.05) is 11.1 Å². The van der Waals surface area contributed by atoms with Gasteiger partial charge in [-0.25, -0.2) is 9.69 Å². The van der Waals surface area contributed by atoms with E-state index >= 15 is 0 Å². The number of carbonyl (C=O) groups is 3. The van der Waals surface area contributed by atoms with Gasteiger partial charge in [0.25, 0.3) is 17.5 Å². The van der Waals surface area contributed by atoms with E-state index in [1.807, 2.05) is 0 Å². The molecule has 1 saturated heterocycles. The molecule has 3 aromatic rings. The summed E-state index contributed by atoms with van der Waals surface area (Å²) in [4.78, 5) is 60.0. The van der Waals surface area contributed by atoms with Crippen LogP contribution in [0, 0.1) is 27.2 Å². The first kappa shape index (κ1) is 27.7. The number of ether oxygens (including phenoxy) is 2. The number of nitrogens with one attached hydrogen (secondary N) is 1. The molecule has 0 unspecified atom stereocenters. The number of amides is 4. The maximum Gasteiger partial charge on any atom is 0.335 e. The van der Waals surface area contributed by atoms with Crippen LogP contribution >= 0.6 is 11.6 Å². The van der Waals surface area contributed by atoms with E-state index in [2.05, 4.69) is 5.32 Å². The second-order valence-corrected chi connectivity index (χ2v) is 8.71. The van der Waals surface area contributed by atoms with Crippen molar-refractivity contribution < 1.29 is 33.7 Å². The molecule has 1 heterocycles. The van der Waals surface area contributed by atoms with Crippen LogP contribution in [0.25, 0.3) is 6.08 Å². The second-order valence-electron chi connectivity index (χ2n) is 8.30. The van der Waals surface area contributed by atoms with Gasteiger partial charge in [-0.3, -0.25) is 35.1 Å². The minimum atomic E-state index is -0.935. The van der Waals surface area contributed by atoms with Crippen LogP contribution in [0.2, 0.25) is 5.02 Å². The first-order valence-corrected chi connectivity index (χ1v) is 11.9. The molecule has 0 bridgehead atoms. The highest BCUT2D eigenvalue weighted by atomic mass is 35.5. The molecule has 4 rings (SSSR count). The molecule has 13 nitrogen and oxygen atoms in total. The second kappa shape index (κ2) is 11.2. The smallest absolute Gasteiger partial charge is 0.335 e. The van der Waals surface area contributed by atoms with Gasteiger partial charge in [0.1, 0.15) is 5.57 Å². The molecule has 3 aromatic carbocycles.